The van der Waals surface area contributed by atoms with E-state index in [1.54, 1.807) is 43.8 Å². The molecule has 0 fully saturated rings. The minimum atomic E-state index is -0.322. The predicted molar refractivity (Wildman–Crippen MR) is 104 cm³/mol. The number of halogens is 1. The number of anilines is 2. The molecule has 2 amide bonds. The lowest BCUT2D eigenvalue weighted by atomic mass is 10.2. The van der Waals surface area contributed by atoms with Gasteiger partial charge in [0.1, 0.15) is 0 Å². The maximum atomic E-state index is 12.6. The number of amides is 2. The van der Waals surface area contributed by atoms with Gasteiger partial charge in [-0.25, -0.2) is 0 Å². The van der Waals surface area contributed by atoms with E-state index in [4.69, 9.17) is 11.6 Å². The van der Waals surface area contributed by atoms with Crippen molar-refractivity contribution in [1.82, 2.24) is 9.78 Å². The minimum Gasteiger partial charge on any atom is -0.325 e. The average molecular weight is 371 g/mol. The van der Waals surface area contributed by atoms with Gasteiger partial charge in [-0.1, -0.05) is 43.6 Å². The van der Waals surface area contributed by atoms with Gasteiger partial charge in [0.15, 0.2) is 5.69 Å². The van der Waals surface area contributed by atoms with Crippen LogP contribution in [0.5, 0.6) is 0 Å². The molecule has 3 aromatic rings. The van der Waals surface area contributed by atoms with Gasteiger partial charge in [0.25, 0.3) is 5.91 Å². The molecule has 0 aliphatic rings. The lowest BCUT2D eigenvalue weighted by Gasteiger charge is -2.11. The van der Waals surface area contributed by atoms with E-state index < -0.39 is 0 Å². The molecule has 2 N–H and O–H groups in total. The summed E-state index contributed by atoms with van der Waals surface area (Å²) >= 11 is 6.22. The number of hydrogen-bond acceptors (Lipinski definition) is 3. The number of rotatable bonds is 4. The smallest absolute Gasteiger partial charge is 0.276 e. The topological polar surface area (TPSA) is 76.0 Å². The summed E-state index contributed by atoms with van der Waals surface area (Å²) in [6.07, 6.45) is 0. The molecule has 1 aromatic heterocycles. The highest BCUT2D eigenvalue weighted by Gasteiger charge is 2.16. The molecule has 134 valence electrons. The Balaban J connectivity index is 1.81. The van der Waals surface area contributed by atoms with E-state index in [2.05, 4.69) is 15.7 Å². The highest BCUT2D eigenvalue weighted by atomic mass is 35.5. The van der Waals surface area contributed by atoms with Crippen LogP contribution < -0.4 is 10.6 Å². The zero-order valence-corrected chi connectivity index (χ0v) is 15.5. The lowest BCUT2D eigenvalue weighted by molar-refractivity contribution is -0.118. The van der Waals surface area contributed by atoms with Crippen LogP contribution in [0.25, 0.3) is 10.9 Å². The Hall–Kier alpha value is -2.86. The monoisotopic (exact) mass is 370 g/mol. The summed E-state index contributed by atoms with van der Waals surface area (Å²) < 4.78 is 1.67. The van der Waals surface area contributed by atoms with Crippen LogP contribution in [0, 0.1) is 5.92 Å². The molecule has 0 aliphatic carbocycles. The van der Waals surface area contributed by atoms with Crippen molar-refractivity contribution in [3.63, 3.8) is 0 Å². The molecule has 0 atom stereocenters. The highest BCUT2D eigenvalue weighted by molar-refractivity contribution is 6.34. The van der Waals surface area contributed by atoms with Crippen LogP contribution in [0.4, 0.5) is 11.4 Å². The average Bonchev–Trinajstić information content (AvgIpc) is 2.94. The molecule has 0 radical (unpaired) electrons. The molecule has 0 saturated carbocycles. The Morgan fingerprint density at radius 1 is 1.12 bits per heavy atom. The number of aromatic nitrogens is 2. The van der Waals surface area contributed by atoms with E-state index in [1.165, 1.54) is 0 Å². The standard InChI is InChI=1S/C19H19ClN4O2/c1-11(2)18(25)22-15-9-8-12(10-14(15)20)21-19(26)17-13-6-4-5-7-16(13)24(3)23-17/h4-11H,1-3H3,(H,21,26)(H,22,25). The van der Waals surface area contributed by atoms with Crippen molar-refractivity contribution in [2.24, 2.45) is 13.0 Å². The summed E-state index contributed by atoms with van der Waals surface area (Å²) in [5.41, 5.74) is 2.25. The Bertz CT molecular complexity index is 994. The second-order valence-corrected chi connectivity index (χ2v) is 6.69. The van der Waals surface area contributed by atoms with Gasteiger partial charge >= 0.3 is 0 Å². The van der Waals surface area contributed by atoms with E-state index in [1.807, 2.05) is 24.3 Å². The second kappa shape index (κ2) is 7.17. The number of carbonyl (C=O) groups is 2. The molecule has 7 heteroatoms. The van der Waals surface area contributed by atoms with Crippen molar-refractivity contribution in [3.8, 4) is 0 Å². The molecule has 0 saturated heterocycles. The molecular weight excluding hydrogens is 352 g/mol. The minimum absolute atomic E-state index is 0.122. The Kier molecular flexibility index (Phi) is 4.95. The van der Waals surface area contributed by atoms with Gasteiger partial charge in [0.2, 0.25) is 5.91 Å². The van der Waals surface area contributed by atoms with Gasteiger partial charge in [-0.15, -0.1) is 0 Å². The molecule has 0 unspecified atom stereocenters. The third-order valence-electron chi connectivity index (χ3n) is 3.98. The summed E-state index contributed by atoms with van der Waals surface area (Å²) in [4.78, 5) is 24.4. The maximum absolute atomic E-state index is 12.6. The fourth-order valence-electron chi connectivity index (χ4n) is 2.54. The molecule has 0 bridgehead atoms. The number of nitrogens with zero attached hydrogens (tertiary/aromatic N) is 2. The summed E-state index contributed by atoms with van der Waals surface area (Å²) in [6, 6.07) is 12.5. The van der Waals surface area contributed by atoms with Crippen LogP contribution in [0.15, 0.2) is 42.5 Å². The van der Waals surface area contributed by atoms with Crippen molar-refractivity contribution in [3.05, 3.63) is 53.2 Å². The van der Waals surface area contributed by atoms with Gasteiger partial charge in [-0.3, -0.25) is 14.3 Å². The number of benzene rings is 2. The van der Waals surface area contributed by atoms with Crippen LogP contribution in [0.1, 0.15) is 24.3 Å². The van der Waals surface area contributed by atoms with Crippen LogP contribution in [-0.4, -0.2) is 21.6 Å². The summed E-state index contributed by atoms with van der Waals surface area (Å²) in [6.45, 7) is 3.60. The third-order valence-corrected chi connectivity index (χ3v) is 4.29. The fourth-order valence-corrected chi connectivity index (χ4v) is 2.77. The molecule has 0 spiro atoms. The van der Waals surface area contributed by atoms with Gasteiger partial charge < -0.3 is 10.6 Å². The first-order chi connectivity index (χ1) is 12.4. The predicted octanol–water partition coefficient (Wildman–Crippen LogP) is 4.07. The van der Waals surface area contributed by atoms with Gasteiger partial charge in [0.05, 0.1) is 16.2 Å². The number of carbonyl (C=O) groups excluding carboxylic acids is 2. The first-order valence-electron chi connectivity index (χ1n) is 8.20. The van der Waals surface area contributed by atoms with E-state index in [9.17, 15) is 9.59 Å². The largest absolute Gasteiger partial charge is 0.325 e. The first kappa shape index (κ1) is 17.9. The summed E-state index contributed by atoms with van der Waals surface area (Å²) in [7, 11) is 1.79. The van der Waals surface area contributed by atoms with E-state index in [0.29, 0.717) is 22.1 Å². The number of aryl methyl sites for hydroxylation is 1. The second-order valence-electron chi connectivity index (χ2n) is 6.28. The SMILES string of the molecule is CC(C)C(=O)Nc1ccc(NC(=O)c2nn(C)c3ccccc23)cc1Cl. The lowest BCUT2D eigenvalue weighted by Crippen LogP contribution is -2.18. The zero-order chi connectivity index (χ0) is 18.8. The van der Waals surface area contributed by atoms with Crippen molar-refractivity contribution in [1.29, 1.82) is 0 Å². The number of para-hydroxylation sites is 1. The molecule has 3 rings (SSSR count). The van der Waals surface area contributed by atoms with Crippen LogP contribution in [0.2, 0.25) is 5.02 Å². The molecule has 6 nitrogen and oxygen atoms in total. The van der Waals surface area contributed by atoms with E-state index in [0.717, 1.165) is 10.9 Å². The third kappa shape index (κ3) is 3.55. The van der Waals surface area contributed by atoms with Crippen LogP contribution in [-0.2, 0) is 11.8 Å². The fraction of sp³-hybridized carbons (Fsp3) is 0.211. The van der Waals surface area contributed by atoms with Gasteiger partial charge in [-0.05, 0) is 24.3 Å². The zero-order valence-electron chi connectivity index (χ0n) is 14.7. The normalized spacial score (nSPS) is 11.0. The van der Waals surface area contributed by atoms with Crippen molar-refractivity contribution in [2.45, 2.75) is 13.8 Å². The number of hydrogen-bond donors (Lipinski definition) is 2. The van der Waals surface area contributed by atoms with Crippen molar-refractivity contribution in [2.75, 3.05) is 10.6 Å². The Morgan fingerprint density at radius 3 is 2.54 bits per heavy atom. The Labute approximate surface area is 156 Å². The van der Waals surface area contributed by atoms with Crippen LogP contribution in [0.3, 0.4) is 0 Å². The molecule has 1 heterocycles. The van der Waals surface area contributed by atoms with E-state index in [-0.39, 0.29) is 17.7 Å². The molecule has 2 aromatic carbocycles. The molecular formula is C19H19ClN4O2. The molecule has 0 aliphatic heterocycles. The Morgan fingerprint density at radius 2 is 1.85 bits per heavy atom. The first-order valence-corrected chi connectivity index (χ1v) is 8.58. The molecule has 26 heavy (non-hydrogen) atoms. The summed E-state index contributed by atoms with van der Waals surface area (Å²) in [5, 5.41) is 11.0. The number of nitrogens with one attached hydrogen (secondary N) is 2. The quantitative estimate of drug-likeness (QED) is 0.726. The van der Waals surface area contributed by atoms with Crippen LogP contribution >= 0.6 is 11.6 Å². The number of fused-ring (bicyclic) bond motifs is 1. The summed E-state index contributed by atoms with van der Waals surface area (Å²) in [5.74, 6) is -0.594. The highest BCUT2D eigenvalue weighted by Crippen LogP contribution is 2.27. The van der Waals surface area contributed by atoms with Crippen molar-refractivity contribution >= 4 is 45.7 Å². The van der Waals surface area contributed by atoms with Gasteiger partial charge in [-0.2, -0.15) is 5.10 Å². The van der Waals surface area contributed by atoms with E-state index >= 15 is 0 Å². The van der Waals surface area contributed by atoms with Gasteiger partial charge in [0, 0.05) is 24.0 Å². The maximum Gasteiger partial charge on any atom is 0.276 e. The van der Waals surface area contributed by atoms with Crippen molar-refractivity contribution < 1.29 is 9.59 Å².